The van der Waals surface area contributed by atoms with Crippen molar-refractivity contribution in [3.63, 3.8) is 0 Å². The Labute approximate surface area is 172 Å². The van der Waals surface area contributed by atoms with E-state index in [2.05, 4.69) is 20.6 Å². The molecule has 0 saturated heterocycles. The molecule has 0 aromatic heterocycles. The molecule has 0 fully saturated rings. The van der Waals surface area contributed by atoms with Crippen molar-refractivity contribution in [1.82, 2.24) is 0 Å². The average molecular weight is 407 g/mol. The molecule has 0 aliphatic carbocycles. The van der Waals surface area contributed by atoms with E-state index in [1.54, 1.807) is 56.0 Å². The maximum absolute atomic E-state index is 12.8. The maximum Gasteiger partial charge on any atom is 0.412 e. The highest BCUT2D eigenvalue weighted by molar-refractivity contribution is 6.03. The maximum atomic E-state index is 12.8. The van der Waals surface area contributed by atoms with E-state index in [1.165, 1.54) is 0 Å². The Bertz CT molecular complexity index is 1180. The largest absolute Gasteiger partial charge is 0.444 e. The highest BCUT2D eigenvalue weighted by atomic mass is 16.6. The number of urea groups is 2. The molecule has 0 atom stereocenters. The summed E-state index contributed by atoms with van der Waals surface area (Å²) in [6.45, 7) is 5.91. The third-order valence-electron chi connectivity index (χ3n) is 4.52. The van der Waals surface area contributed by atoms with Crippen LogP contribution in [0, 0.1) is 0 Å². The zero-order valence-corrected chi connectivity index (χ0v) is 16.9. The lowest BCUT2D eigenvalue weighted by Crippen LogP contribution is -2.34. The van der Waals surface area contributed by atoms with Crippen molar-refractivity contribution in [3.05, 3.63) is 52.7 Å². The van der Waals surface area contributed by atoms with Gasteiger partial charge in [0, 0.05) is 23.6 Å². The Kier molecular flexibility index (Phi) is 4.73. The zero-order chi connectivity index (χ0) is 21.5. The lowest BCUT2D eigenvalue weighted by molar-refractivity contribution is 0.0636. The second kappa shape index (κ2) is 7.25. The quantitative estimate of drug-likeness (QED) is 0.797. The number of anilines is 3. The van der Waals surface area contributed by atoms with Gasteiger partial charge in [0.15, 0.2) is 0 Å². The second-order valence-corrected chi connectivity index (χ2v) is 8.01. The van der Waals surface area contributed by atoms with Crippen molar-refractivity contribution < 1.29 is 19.1 Å². The van der Waals surface area contributed by atoms with Gasteiger partial charge in [0.1, 0.15) is 5.60 Å². The van der Waals surface area contributed by atoms with E-state index in [9.17, 15) is 14.4 Å². The van der Waals surface area contributed by atoms with Crippen molar-refractivity contribution in [2.45, 2.75) is 32.8 Å². The summed E-state index contributed by atoms with van der Waals surface area (Å²) in [4.78, 5) is 45.2. The minimum atomic E-state index is -0.581. The van der Waals surface area contributed by atoms with Crippen LogP contribution in [0.3, 0.4) is 0 Å². The Balaban J connectivity index is 1.46. The minimum absolute atomic E-state index is 0.289. The number of hydrogen-bond acceptors (Lipinski definition) is 4. The SMILES string of the molecule is CC(C)(C)OC(=O)Nc1ccc2c(c1)CCN2C(=O)Nc1ccc2c(c1)=NC(=O)N=2. The molecule has 0 spiro atoms. The van der Waals surface area contributed by atoms with Crippen LogP contribution in [0.2, 0.25) is 0 Å². The molecule has 0 bridgehead atoms. The fraction of sp³-hybridized carbons (Fsp3) is 0.286. The number of rotatable bonds is 2. The molecule has 4 rings (SSSR count). The van der Waals surface area contributed by atoms with E-state index in [4.69, 9.17) is 4.74 Å². The van der Waals surface area contributed by atoms with Gasteiger partial charge in [-0.1, -0.05) is 0 Å². The van der Waals surface area contributed by atoms with Crippen LogP contribution in [-0.4, -0.2) is 30.3 Å². The molecule has 2 aromatic rings. The van der Waals surface area contributed by atoms with E-state index in [-0.39, 0.29) is 6.03 Å². The number of carbonyl (C=O) groups is 3. The van der Waals surface area contributed by atoms with Gasteiger partial charge in [-0.3, -0.25) is 10.2 Å². The van der Waals surface area contributed by atoms with Gasteiger partial charge in [0.25, 0.3) is 0 Å². The van der Waals surface area contributed by atoms with Gasteiger partial charge in [0.05, 0.1) is 10.7 Å². The summed E-state index contributed by atoms with van der Waals surface area (Å²) in [7, 11) is 0. The first-order chi connectivity index (χ1) is 14.2. The van der Waals surface area contributed by atoms with Gasteiger partial charge in [-0.15, -0.1) is 0 Å². The molecule has 154 valence electrons. The van der Waals surface area contributed by atoms with Gasteiger partial charge in [-0.2, -0.15) is 9.98 Å². The Morgan fingerprint density at radius 3 is 2.47 bits per heavy atom. The molecule has 0 unspecified atom stereocenters. The zero-order valence-electron chi connectivity index (χ0n) is 16.9. The number of fused-ring (bicyclic) bond motifs is 2. The van der Waals surface area contributed by atoms with Crippen molar-refractivity contribution in [3.8, 4) is 0 Å². The predicted octanol–water partition coefficient (Wildman–Crippen LogP) is 3.00. The van der Waals surface area contributed by atoms with Crippen LogP contribution in [0.4, 0.5) is 31.4 Å². The van der Waals surface area contributed by atoms with E-state index >= 15 is 0 Å². The van der Waals surface area contributed by atoms with Crippen LogP contribution in [0.5, 0.6) is 0 Å². The molecule has 2 aliphatic heterocycles. The first-order valence-corrected chi connectivity index (χ1v) is 9.51. The first-order valence-electron chi connectivity index (χ1n) is 9.51. The highest BCUT2D eigenvalue weighted by Gasteiger charge is 2.25. The van der Waals surface area contributed by atoms with E-state index in [0.717, 1.165) is 11.3 Å². The van der Waals surface area contributed by atoms with E-state index in [1.807, 2.05) is 6.07 Å². The number of nitrogens with zero attached hydrogens (tertiary/aromatic N) is 3. The third-order valence-corrected chi connectivity index (χ3v) is 4.52. The summed E-state index contributed by atoms with van der Waals surface area (Å²) in [5, 5.41) is 6.48. The number of hydrogen-bond donors (Lipinski definition) is 2. The molecule has 0 radical (unpaired) electrons. The fourth-order valence-electron chi connectivity index (χ4n) is 3.32. The molecule has 9 nitrogen and oxygen atoms in total. The summed E-state index contributed by atoms with van der Waals surface area (Å²) in [5.74, 6) is 0. The lowest BCUT2D eigenvalue weighted by atomic mass is 10.1. The fourth-order valence-corrected chi connectivity index (χ4v) is 3.32. The predicted molar refractivity (Wildman–Crippen MR) is 111 cm³/mol. The molecule has 0 saturated carbocycles. The van der Waals surface area contributed by atoms with Crippen molar-refractivity contribution >= 4 is 35.2 Å². The lowest BCUT2D eigenvalue weighted by Gasteiger charge is -2.20. The van der Waals surface area contributed by atoms with Gasteiger partial charge >= 0.3 is 18.2 Å². The van der Waals surface area contributed by atoms with Gasteiger partial charge in [0.2, 0.25) is 0 Å². The van der Waals surface area contributed by atoms with E-state index < -0.39 is 17.7 Å². The Morgan fingerprint density at radius 1 is 1.00 bits per heavy atom. The molecule has 2 aliphatic rings. The first kappa shape index (κ1) is 19.6. The molecular formula is C21H21N5O4. The smallest absolute Gasteiger partial charge is 0.412 e. The Hall–Kier alpha value is -3.75. The summed E-state index contributed by atoms with van der Waals surface area (Å²) < 4.78 is 5.27. The van der Waals surface area contributed by atoms with Crippen LogP contribution >= 0.6 is 0 Å². The monoisotopic (exact) mass is 407 g/mol. The topological polar surface area (TPSA) is 112 Å². The van der Waals surface area contributed by atoms with Crippen LogP contribution in [0.15, 0.2) is 46.4 Å². The minimum Gasteiger partial charge on any atom is -0.444 e. The summed E-state index contributed by atoms with van der Waals surface area (Å²) in [6.07, 6.45) is 0.141. The molecular weight excluding hydrogens is 386 g/mol. The summed E-state index contributed by atoms with van der Waals surface area (Å²) in [6, 6.07) is 9.48. The van der Waals surface area contributed by atoms with Crippen molar-refractivity contribution in [2.24, 2.45) is 9.98 Å². The molecule has 30 heavy (non-hydrogen) atoms. The summed E-state index contributed by atoms with van der Waals surface area (Å²) >= 11 is 0. The molecule has 2 aromatic carbocycles. The highest BCUT2D eigenvalue weighted by Crippen LogP contribution is 2.31. The van der Waals surface area contributed by atoms with Crippen LogP contribution in [0.25, 0.3) is 0 Å². The number of benzene rings is 2. The summed E-state index contributed by atoms with van der Waals surface area (Å²) in [5.41, 5.74) is 2.29. The van der Waals surface area contributed by atoms with Crippen molar-refractivity contribution in [1.29, 1.82) is 0 Å². The number of nitrogens with one attached hydrogen (secondary N) is 2. The standard InChI is InChI=1S/C21H21N5O4/c1-21(2,3)30-20(29)23-13-5-7-17-12(10-13)8-9-26(17)19(28)22-14-4-6-15-16(11-14)25-18(27)24-15/h4-7,10-11H,8-9H2,1-3H3,(H,22,28)(H,23,29). The van der Waals surface area contributed by atoms with Crippen LogP contribution in [-0.2, 0) is 11.2 Å². The van der Waals surface area contributed by atoms with Crippen LogP contribution < -0.4 is 26.2 Å². The number of ether oxygens (including phenoxy) is 1. The van der Waals surface area contributed by atoms with E-state index in [0.29, 0.717) is 35.1 Å². The Morgan fingerprint density at radius 2 is 1.70 bits per heavy atom. The van der Waals surface area contributed by atoms with Gasteiger partial charge in [-0.05, 0) is 69.2 Å². The van der Waals surface area contributed by atoms with Gasteiger partial charge < -0.3 is 10.1 Å². The van der Waals surface area contributed by atoms with Crippen LogP contribution in [0.1, 0.15) is 26.3 Å². The second-order valence-electron chi connectivity index (χ2n) is 8.01. The molecule has 2 heterocycles. The number of amides is 5. The molecule has 5 amide bonds. The molecule has 2 N–H and O–H groups in total. The van der Waals surface area contributed by atoms with Crippen molar-refractivity contribution in [2.75, 3.05) is 22.1 Å². The normalized spacial score (nSPS) is 14.4. The third kappa shape index (κ3) is 4.14. The van der Waals surface area contributed by atoms with Gasteiger partial charge in [-0.25, -0.2) is 14.4 Å². The average Bonchev–Trinajstić information content (AvgIpc) is 3.21. The number of carbonyl (C=O) groups excluding carboxylic acids is 3. The molecule has 9 heteroatoms.